The van der Waals surface area contributed by atoms with Gasteiger partial charge in [0.05, 0.1) is 0 Å². The lowest BCUT2D eigenvalue weighted by atomic mass is 9.92. The van der Waals surface area contributed by atoms with Gasteiger partial charge in [-0.1, -0.05) is 19.9 Å². The topological polar surface area (TPSA) is 15.3 Å². The molecule has 0 spiro atoms. The third-order valence-electron chi connectivity index (χ3n) is 4.44. The number of benzene rings is 1. The van der Waals surface area contributed by atoms with Crippen LogP contribution >= 0.6 is 0 Å². The van der Waals surface area contributed by atoms with Crippen LogP contribution in [-0.4, -0.2) is 30.1 Å². The molecule has 1 aliphatic rings. The first-order valence-electron chi connectivity index (χ1n) is 7.50. The van der Waals surface area contributed by atoms with Crippen molar-refractivity contribution in [2.24, 2.45) is 0 Å². The van der Waals surface area contributed by atoms with E-state index in [0.717, 1.165) is 45.0 Å². The Morgan fingerprint density at radius 3 is 2.65 bits per heavy atom. The highest BCUT2D eigenvalue weighted by atomic mass is 19.1. The summed E-state index contributed by atoms with van der Waals surface area (Å²) in [5.74, 6) is -0.957. The van der Waals surface area contributed by atoms with Crippen LogP contribution in [0.25, 0.3) is 0 Å². The lowest BCUT2D eigenvalue weighted by Crippen LogP contribution is -2.50. The molecule has 1 saturated heterocycles. The zero-order valence-corrected chi connectivity index (χ0v) is 12.4. The first kappa shape index (κ1) is 15.4. The molecule has 0 saturated carbocycles. The Kier molecular flexibility index (Phi) is 5.11. The Bertz CT molecular complexity index is 444. The van der Waals surface area contributed by atoms with Gasteiger partial charge < -0.3 is 5.32 Å². The molecule has 2 rings (SSSR count). The molecule has 0 atom stereocenters. The molecule has 2 nitrogen and oxygen atoms in total. The Balaban J connectivity index is 2.11. The number of nitrogens with one attached hydrogen (secondary N) is 1. The van der Waals surface area contributed by atoms with E-state index in [1.165, 1.54) is 6.07 Å². The molecule has 0 radical (unpaired) electrons. The van der Waals surface area contributed by atoms with Gasteiger partial charge in [-0.05, 0) is 38.4 Å². The van der Waals surface area contributed by atoms with Gasteiger partial charge in [0, 0.05) is 30.3 Å². The second kappa shape index (κ2) is 6.64. The van der Waals surface area contributed by atoms with Gasteiger partial charge in [-0.25, -0.2) is 8.78 Å². The maximum atomic E-state index is 13.8. The van der Waals surface area contributed by atoms with Gasteiger partial charge in [0.1, 0.15) is 11.6 Å². The van der Waals surface area contributed by atoms with Gasteiger partial charge in [0.2, 0.25) is 0 Å². The molecule has 1 heterocycles. The Labute approximate surface area is 120 Å². The standard InChI is InChI=1S/C16H24F2N2/c1-3-16(4-2)12-20(9-5-8-19-16)11-13-6-7-14(17)10-15(13)18/h6-7,10,19H,3-5,8-9,11-12H2,1-2H3. The van der Waals surface area contributed by atoms with Crippen LogP contribution in [0.3, 0.4) is 0 Å². The lowest BCUT2D eigenvalue weighted by Gasteiger charge is -2.35. The quantitative estimate of drug-likeness (QED) is 0.911. The molecular formula is C16H24F2N2. The second-order valence-electron chi connectivity index (χ2n) is 5.71. The zero-order valence-electron chi connectivity index (χ0n) is 12.4. The fourth-order valence-electron chi connectivity index (χ4n) is 2.97. The molecule has 1 aliphatic heterocycles. The molecule has 0 aliphatic carbocycles. The Morgan fingerprint density at radius 1 is 1.25 bits per heavy atom. The van der Waals surface area contributed by atoms with Gasteiger partial charge in [-0.15, -0.1) is 0 Å². The number of halogens is 2. The third kappa shape index (κ3) is 3.55. The first-order valence-corrected chi connectivity index (χ1v) is 7.50. The van der Waals surface area contributed by atoms with Gasteiger partial charge in [0.15, 0.2) is 0 Å². The minimum absolute atomic E-state index is 0.118. The van der Waals surface area contributed by atoms with Gasteiger partial charge in [-0.2, -0.15) is 0 Å². The van der Waals surface area contributed by atoms with Crippen LogP contribution in [0, 0.1) is 11.6 Å². The van der Waals surface area contributed by atoms with E-state index in [0.29, 0.717) is 12.1 Å². The molecule has 20 heavy (non-hydrogen) atoms. The predicted molar refractivity (Wildman–Crippen MR) is 77.6 cm³/mol. The molecule has 0 aromatic heterocycles. The van der Waals surface area contributed by atoms with Crippen molar-refractivity contribution in [3.63, 3.8) is 0 Å². The van der Waals surface area contributed by atoms with Crippen molar-refractivity contribution in [1.82, 2.24) is 10.2 Å². The highest BCUT2D eigenvalue weighted by molar-refractivity contribution is 5.18. The van der Waals surface area contributed by atoms with E-state index in [1.807, 2.05) is 0 Å². The van der Waals surface area contributed by atoms with Crippen LogP contribution in [0.15, 0.2) is 18.2 Å². The predicted octanol–water partition coefficient (Wildman–Crippen LogP) is 3.32. The molecule has 0 unspecified atom stereocenters. The van der Waals surface area contributed by atoms with Crippen LogP contribution in [-0.2, 0) is 6.54 Å². The monoisotopic (exact) mass is 282 g/mol. The number of hydrogen-bond donors (Lipinski definition) is 1. The minimum Gasteiger partial charge on any atom is -0.310 e. The van der Waals surface area contributed by atoms with Crippen LogP contribution < -0.4 is 5.32 Å². The van der Waals surface area contributed by atoms with E-state index in [9.17, 15) is 8.78 Å². The van der Waals surface area contributed by atoms with Crippen molar-refractivity contribution < 1.29 is 8.78 Å². The second-order valence-corrected chi connectivity index (χ2v) is 5.71. The molecule has 1 fully saturated rings. The smallest absolute Gasteiger partial charge is 0.130 e. The summed E-state index contributed by atoms with van der Waals surface area (Å²) in [6.07, 6.45) is 3.18. The molecule has 1 aromatic carbocycles. The summed E-state index contributed by atoms with van der Waals surface area (Å²) in [7, 11) is 0. The summed E-state index contributed by atoms with van der Waals surface area (Å²) >= 11 is 0. The van der Waals surface area contributed by atoms with Crippen molar-refractivity contribution in [3.05, 3.63) is 35.4 Å². The van der Waals surface area contributed by atoms with Crippen LogP contribution in [0.4, 0.5) is 8.78 Å². The largest absolute Gasteiger partial charge is 0.310 e. The van der Waals surface area contributed by atoms with E-state index in [1.54, 1.807) is 6.07 Å². The number of rotatable bonds is 4. The summed E-state index contributed by atoms with van der Waals surface area (Å²) in [4.78, 5) is 2.28. The summed E-state index contributed by atoms with van der Waals surface area (Å²) in [5, 5.41) is 3.64. The lowest BCUT2D eigenvalue weighted by molar-refractivity contribution is 0.189. The maximum absolute atomic E-state index is 13.8. The summed E-state index contributed by atoms with van der Waals surface area (Å²) in [5.41, 5.74) is 0.696. The maximum Gasteiger partial charge on any atom is 0.130 e. The molecule has 4 heteroatoms. The first-order chi connectivity index (χ1) is 9.58. The van der Waals surface area contributed by atoms with Crippen molar-refractivity contribution in [2.45, 2.75) is 45.2 Å². The normalized spacial score (nSPS) is 19.8. The average molecular weight is 282 g/mol. The molecule has 1 N–H and O–H groups in total. The summed E-state index contributed by atoms with van der Waals surface area (Å²) in [6.45, 7) is 7.80. The van der Waals surface area contributed by atoms with E-state index in [2.05, 4.69) is 24.1 Å². The Morgan fingerprint density at radius 2 is 2.00 bits per heavy atom. The highest BCUT2D eigenvalue weighted by Crippen LogP contribution is 2.22. The van der Waals surface area contributed by atoms with Crippen LogP contribution in [0.5, 0.6) is 0 Å². The number of nitrogens with zero attached hydrogens (tertiary/aromatic N) is 1. The van der Waals surface area contributed by atoms with Gasteiger partial charge >= 0.3 is 0 Å². The summed E-state index contributed by atoms with van der Waals surface area (Å²) in [6, 6.07) is 3.86. The van der Waals surface area contributed by atoms with Crippen LogP contribution in [0.1, 0.15) is 38.7 Å². The fraction of sp³-hybridized carbons (Fsp3) is 0.625. The fourth-order valence-corrected chi connectivity index (χ4v) is 2.97. The highest BCUT2D eigenvalue weighted by Gasteiger charge is 2.30. The van der Waals surface area contributed by atoms with Gasteiger partial charge in [-0.3, -0.25) is 4.90 Å². The average Bonchev–Trinajstić information content (AvgIpc) is 2.65. The minimum atomic E-state index is -0.514. The summed E-state index contributed by atoms with van der Waals surface area (Å²) < 4.78 is 26.7. The van der Waals surface area contributed by atoms with Gasteiger partial charge in [0.25, 0.3) is 0 Å². The van der Waals surface area contributed by atoms with E-state index >= 15 is 0 Å². The number of hydrogen-bond acceptors (Lipinski definition) is 2. The molecule has 1 aromatic rings. The van der Waals surface area contributed by atoms with E-state index < -0.39 is 11.6 Å². The molecule has 0 bridgehead atoms. The zero-order chi connectivity index (χ0) is 14.6. The SMILES string of the molecule is CCC1(CC)CN(Cc2ccc(F)cc2F)CCCN1. The van der Waals surface area contributed by atoms with Crippen molar-refractivity contribution in [1.29, 1.82) is 0 Å². The van der Waals surface area contributed by atoms with E-state index in [-0.39, 0.29) is 5.54 Å². The molecule has 0 amide bonds. The molecular weight excluding hydrogens is 258 g/mol. The van der Waals surface area contributed by atoms with Crippen molar-refractivity contribution in [2.75, 3.05) is 19.6 Å². The van der Waals surface area contributed by atoms with Crippen molar-refractivity contribution in [3.8, 4) is 0 Å². The van der Waals surface area contributed by atoms with Crippen molar-refractivity contribution >= 4 is 0 Å². The Hall–Kier alpha value is -1.00. The van der Waals surface area contributed by atoms with E-state index in [4.69, 9.17) is 0 Å². The third-order valence-corrected chi connectivity index (χ3v) is 4.44. The molecule has 112 valence electrons. The van der Waals surface area contributed by atoms with Crippen LogP contribution in [0.2, 0.25) is 0 Å².